The van der Waals surface area contributed by atoms with Crippen molar-refractivity contribution in [3.63, 3.8) is 0 Å². The minimum Gasteiger partial charge on any atom is -0.381 e. The van der Waals surface area contributed by atoms with E-state index in [1.807, 2.05) is 6.33 Å². The minimum atomic E-state index is 0.619. The van der Waals surface area contributed by atoms with Crippen LogP contribution in [-0.4, -0.2) is 29.3 Å². The normalized spacial score (nSPS) is 22.7. The molecule has 1 saturated heterocycles. The highest BCUT2D eigenvalue weighted by atomic mass is 16.5. The molecule has 2 aliphatic heterocycles. The molecule has 15 heavy (non-hydrogen) atoms. The van der Waals surface area contributed by atoms with Gasteiger partial charge in [-0.05, 0) is 12.8 Å². The molecule has 0 radical (unpaired) electrons. The number of imidazole rings is 1. The van der Waals surface area contributed by atoms with Gasteiger partial charge in [-0.1, -0.05) is 0 Å². The number of aromatic nitrogens is 2. The van der Waals surface area contributed by atoms with Crippen molar-refractivity contribution in [3.8, 4) is 0 Å². The van der Waals surface area contributed by atoms with Crippen LogP contribution < -0.4 is 5.32 Å². The molecule has 3 heterocycles. The van der Waals surface area contributed by atoms with Gasteiger partial charge in [-0.15, -0.1) is 0 Å². The van der Waals surface area contributed by atoms with Gasteiger partial charge in [-0.3, -0.25) is 0 Å². The van der Waals surface area contributed by atoms with E-state index in [1.54, 1.807) is 0 Å². The van der Waals surface area contributed by atoms with E-state index >= 15 is 0 Å². The highest BCUT2D eigenvalue weighted by Crippen LogP contribution is 2.25. The average molecular weight is 207 g/mol. The Hall–Kier alpha value is -0.870. The fourth-order valence-electron chi connectivity index (χ4n) is 2.54. The van der Waals surface area contributed by atoms with Crippen molar-refractivity contribution in [1.82, 2.24) is 14.9 Å². The number of nitrogens with one attached hydrogen (secondary N) is 1. The molecule has 4 heteroatoms. The molecule has 4 nitrogen and oxygen atoms in total. The average Bonchev–Trinajstić information content (AvgIpc) is 2.74. The van der Waals surface area contributed by atoms with Crippen molar-refractivity contribution in [2.24, 2.45) is 0 Å². The zero-order valence-electron chi connectivity index (χ0n) is 8.91. The van der Waals surface area contributed by atoms with E-state index in [4.69, 9.17) is 4.74 Å². The van der Waals surface area contributed by atoms with Crippen molar-refractivity contribution in [3.05, 3.63) is 17.7 Å². The number of fused-ring (bicyclic) bond motifs is 1. The molecule has 1 aromatic heterocycles. The Morgan fingerprint density at radius 1 is 1.40 bits per heavy atom. The summed E-state index contributed by atoms with van der Waals surface area (Å²) in [6.45, 7) is 3.82. The molecule has 0 aliphatic carbocycles. The van der Waals surface area contributed by atoms with Crippen molar-refractivity contribution in [2.45, 2.75) is 31.8 Å². The topological polar surface area (TPSA) is 39.1 Å². The molecule has 0 saturated carbocycles. The maximum atomic E-state index is 5.40. The lowest BCUT2D eigenvalue weighted by Crippen LogP contribution is -2.27. The fourth-order valence-corrected chi connectivity index (χ4v) is 2.54. The summed E-state index contributed by atoms with van der Waals surface area (Å²) >= 11 is 0. The van der Waals surface area contributed by atoms with Gasteiger partial charge in [0.1, 0.15) is 0 Å². The number of nitrogens with zero attached hydrogens (tertiary/aromatic N) is 2. The standard InChI is InChI=1S/C11H17N3O/c1-4-12-7-10-11(1)14(8-13-10)9-2-5-15-6-3-9/h8-9,12H,1-7H2. The Morgan fingerprint density at radius 2 is 2.27 bits per heavy atom. The Bertz CT molecular complexity index is 342. The lowest BCUT2D eigenvalue weighted by Gasteiger charge is -2.26. The molecule has 0 amide bonds. The summed E-state index contributed by atoms with van der Waals surface area (Å²) in [6, 6.07) is 0.619. The highest BCUT2D eigenvalue weighted by molar-refractivity contribution is 5.17. The van der Waals surface area contributed by atoms with Crippen molar-refractivity contribution >= 4 is 0 Å². The Kier molecular flexibility index (Phi) is 2.46. The first-order valence-electron chi connectivity index (χ1n) is 5.78. The van der Waals surface area contributed by atoms with Crippen LogP contribution in [0, 0.1) is 0 Å². The van der Waals surface area contributed by atoms with Crippen LogP contribution >= 0.6 is 0 Å². The molecule has 0 spiro atoms. The van der Waals surface area contributed by atoms with Crippen molar-refractivity contribution < 1.29 is 4.74 Å². The SMILES string of the molecule is c1nc2c(n1C1CCOCC1)CCNC2. The number of ether oxygens (including phenoxy) is 1. The van der Waals surface area contributed by atoms with Gasteiger partial charge in [-0.25, -0.2) is 4.98 Å². The van der Waals surface area contributed by atoms with Gasteiger partial charge in [0.05, 0.1) is 12.0 Å². The van der Waals surface area contributed by atoms with E-state index in [0.29, 0.717) is 6.04 Å². The van der Waals surface area contributed by atoms with Crippen molar-refractivity contribution in [1.29, 1.82) is 0 Å². The maximum absolute atomic E-state index is 5.40. The largest absolute Gasteiger partial charge is 0.381 e. The Morgan fingerprint density at radius 3 is 3.13 bits per heavy atom. The second-order valence-electron chi connectivity index (χ2n) is 4.32. The molecule has 0 bridgehead atoms. The summed E-state index contributed by atoms with van der Waals surface area (Å²) in [4.78, 5) is 4.49. The monoisotopic (exact) mass is 207 g/mol. The van der Waals surface area contributed by atoms with Crippen LogP contribution in [0.3, 0.4) is 0 Å². The first-order chi connectivity index (χ1) is 7.45. The summed E-state index contributed by atoms with van der Waals surface area (Å²) < 4.78 is 7.78. The zero-order chi connectivity index (χ0) is 10.1. The van der Waals surface area contributed by atoms with Gasteiger partial charge in [0.2, 0.25) is 0 Å². The maximum Gasteiger partial charge on any atom is 0.0954 e. The van der Waals surface area contributed by atoms with E-state index < -0.39 is 0 Å². The van der Waals surface area contributed by atoms with E-state index in [0.717, 1.165) is 45.6 Å². The van der Waals surface area contributed by atoms with E-state index in [-0.39, 0.29) is 0 Å². The van der Waals surface area contributed by atoms with Crippen LogP contribution in [0.2, 0.25) is 0 Å². The van der Waals surface area contributed by atoms with Gasteiger partial charge < -0.3 is 14.6 Å². The van der Waals surface area contributed by atoms with Gasteiger partial charge in [-0.2, -0.15) is 0 Å². The van der Waals surface area contributed by atoms with E-state index in [9.17, 15) is 0 Å². The summed E-state index contributed by atoms with van der Waals surface area (Å²) in [5.74, 6) is 0. The molecular formula is C11H17N3O. The lowest BCUT2D eigenvalue weighted by molar-refractivity contribution is 0.0688. The van der Waals surface area contributed by atoms with Gasteiger partial charge in [0.25, 0.3) is 0 Å². The van der Waals surface area contributed by atoms with E-state index in [1.165, 1.54) is 11.4 Å². The predicted molar refractivity (Wildman–Crippen MR) is 56.7 cm³/mol. The quantitative estimate of drug-likeness (QED) is 0.743. The highest BCUT2D eigenvalue weighted by Gasteiger charge is 2.21. The number of rotatable bonds is 1. The molecule has 1 aromatic rings. The summed E-state index contributed by atoms with van der Waals surface area (Å²) in [7, 11) is 0. The Balaban J connectivity index is 1.87. The van der Waals surface area contributed by atoms with Crippen LogP contribution in [0.5, 0.6) is 0 Å². The first kappa shape index (κ1) is 9.36. The van der Waals surface area contributed by atoms with Crippen LogP contribution in [0.15, 0.2) is 6.33 Å². The lowest BCUT2D eigenvalue weighted by atomic mass is 10.1. The summed E-state index contributed by atoms with van der Waals surface area (Å²) in [5.41, 5.74) is 2.69. The molecule has 0 unspecified atom stereocenters. The van der Waals surface area contributed by atoms with Crippen LogP contribution in [0.4, 0.5) is 0 Å². The molecule has 82 valence electrons. The molecule has 0 atom stereocenters. The van der Waals surface area contributed by atoms with Crippen LogP contribution in [-0.2, 0) is 17.7 Å². The third-order valence-corrected chi connectivity index (χ3v) is 3.40. The van der Waals surface area contributed by atoms with Gasteiger partial charge >= 0.3 is 0 Å². The smallest absolute Gasteiger partial charge is 0.0954 e. The van der Waals surface area contributed by atoms with Crippen LogP contribution in [0.1, 0.15) is 30.3 Å². The summed E-state index contributed by atoms with van der Waals surface area (Å²) in [5, 5.41) is 3.36. The third-order valence-electron chi connectivity index (χ3n) is 3.40. The number of hydrogen-bond donors (Lipinski definition) is 1. The minimum absolute atomic E-state index is 0.619. The second-order valence-corrected chi connectivity index (χ2v) is 4.32. The molecule has 0 aromatic carbocycles. The fraction of sp³-hybridized carbons (Fsp3) is 0.727. The summed E-state index contributed by atoms with van der Waals surface area (Å²) in [6.07, 6.45) is 5.41. The number of hydrogen-bond acceptors (Lipinski definition) is 3. The van der Waals surface area contributed by atoms with Gasteiger partial charge in [0.15, 0.2) is 0 Å². The van der Waals surface area contributed by atoms with Crippen molar-refractivity contribution in [2.75, 3.05) is 19.8 Å². The molecule has 2 aliphatic rings. The second kappa shape index (κ2) is 3.94. The third kappa shape index (κ3) is 1.68. The molecular weight excluding hydrogens is 190 g/mol. The Labute approximate surface area is 89.6 Å². The molecule has 1 N–H and O–H groups in total. The van der Waals surface area contributed by atoms with Gasteiger partial charge in [0, 0.05) is 44.5 Å². The van der Waals surface area contributed by atoms with E-state index in [2.05, 4.69) is 14.9 Å². The molecule has 1 fully saturated rings. The van der Waals surface area contributed by atoms with Crippen LogP contribution in [0.25, 0.3) is 0 Å². The predicted octanol–water partition coefficient (Wildman–Crippen LogP) is 0.880. The first-order valence-corrected chi connectivity index (χ1v) is 5.78. The zero-order valence-corrected chi connectivity index (χ0v) is 8.91. The molecule has 3 rings (SSSR count).